The van der Waals surface area contributed by atoms with Crippen LogP contribution >= 0.6 is 0 Å². The molecule has 0 saturated heterocycles. The van der Waals surface area contributed by atoms with Crippen molar-refractivity contribution in [2.75, 3.05) is 0 Å². The standard InChI is InChI=1S/C16H25N/c1-2-4-6-8-11-15(12-9-7-5-3-1)16-13-10-14-17-16/h10-11,13-14,17H,1-9,12H2/b15-11-. The van der Waals surface area contributed by atoms with Crippen molar-refractivity contribution < 1.29 is 0 Å². The molecule has 0 aliphatic heterocycles. The smallest absolute Gasteiger partial charge is 0.0409 e. The Morgan fingerprint density at radius 2 is 1.53 bits per heavy atom. The number of rotatable bonds is 1. The van der Waals surface area contributed by atoms with Gasteiger partial charge in [-0.3, -0.25) is 0 Å². The Morgan fingerprint density at radius 1 is 0.824 bits per heavy atom. The van der Waals surface area contributed by atoms with Crippen LogP contribution in [0.2, 0.25) is 0 Å². The van der Waals surface area contributed by atoms with Crippen molar-refractivity contribution >= 4 is 5.57 Å². The highest BCUT2D eigenvalue weighted by Crippen LogP contribution is 2.23. The van der Waals surface area contributed by atoms with Crippen molar-refractivity contribution in [2.24, 2.45) is 0 Å². The molecule has 1 aromatic heterocycles. The van der Waals surface area contributed by atoms with Gasteiger partial charge in [0.1, 0.15) is 0 Å². The number of nitrogens with one attached hydrogen (secondary N) is 1. The van der Waals surface area contributed by atoms with Crippen LogP contribution in [0.25, 0.3) is 5.57 Å². The van der Waals surface area contributed by atoms with Crippen LogP contribution in [0.15, 0.2) is 24.4 Å². The van der Waals surface area contributed by atoms with Gasteiger partial charge < -0.3 is 4.98 Å². The van der Waals surface area contributed by atoms with E-state index in [1.807, 2.05) is 6.20 Å². The summed E-state index contributed by atoms with van der Waals surface area (Å²) in [7, 11) is 0. The minimum atomic E-state index is 1.25. The van der Waals surface area contributed by atoms with Crippen LogP contribution in [-0.2, 0) is 0 Å². The third-order valence-corrected chi connectivity index (χ3v) is 3.73. The first-order valence-electron chi connectivity index (χ1n) is 7.29. The zero-order chi connectivity index (χ0) is 11.8. The van der Waals surface area contributed by atoms with Crippen molar-refractivity contribution in [3.63, 3.8) is 0 Å². The Bertz CT molecular complexity index is 321. The predicted molar refractivity (Wildman–Crippen MR) is 74.9 cm³/mol. The summed E-state index contributed by atoms with van der Waals surface area (Å²) in [6.07, 6.45) is 18.3. The summed E-state index contributed by atoms with van der Waals surface area (Å²) in [6.45, 7) is 0. The van der Waals surface area contributed by atoms with E-state index in [4.69, 9.17) is 0 Å². The first-order valence-corrected chi connectivity index (χ1v) is 7.29. The number of hydrogen-bond donors (Lipinski definition) is 1. The Hall–Kier alpha value is -0.980. The monoisotopic (exact) mass is 231 g/mol. The van der Waals surface area contributed by atoms with Gasteiger partial charge in [0.05, 0.1) is 0 Å². The van der Waals surface area contributed by atoms with Crippen molar-refractivity contribution in [2.45, 2.75) is 64.2 Å². The van der Waals surface area contributed by atoms with Gasteiger partial charge in [-0.2, -0.15) is 0 Å². The van der Waals surface area contributed by atoms with Crippen LogP contribution in [0, 0.1) is 0 Å². The molecule has 0 amide bonds. The predicted octanol–water partition coefficient (Wildman–Crippen LogP) is 5.31. The van der Waals surface area contributed by atoms with Crippen molar-refractivity contribution in [3.05, 3.63) is 30.1 Å². The fourth-order valence-electron chi connectivity index (χ4n) is 2.67. The van der Waals surface area contributed by atoms with Crippen molar-refractivity contribution in [3.8, 4) is 0 Å². The zero-order valence-electron chi connectivity index (χ0n) is 10.9. The van der Waals surface area contributed by atoms with Gasteiger partial charge in [0, 0.05) is 11.9 Å². The van der Waals surface area contributed by atoms with E-state index in [-0.39, 0.29) is 0 Å². The lowest BCUT2D eigenvalue weighted by atomic mass is 9.99. The molecule has 1 N–H and O–H groups in total. The lowest BCUT2D eigenvalue weighted by molar-refractivity contribution is 0.568. The second kappa shape index (κ2) is 7.37. The molecule has 0 aromatic carbocycles. The molecule has 0 fully saturated rings. The van der Waals surface area contributed by atoms with E-state index in [9.17, 15) is 0 Å². The van der Waals surface area contributed by atoms with Gasteiger partial charge in [-0.25, -0.2) is 0 Å². The SMILES string of the molecule is C1=C(\c2ccc[nH]2)CCCCCCCCCC/1. The number of H-pyrrole nitrogens is 1. The van der Waals surface area contributed by atoms with Crippen molar-refractivity contribution in [1.82, 2.24) is 4.98 Å². The van der Waals surface area contributed by atoms with Gasteiger partial charge in [-0.05, 0) is 43.4 Å². The molecule has 17 heavy (non-hydrogen) atoms. The van der Waals surface area contributed by atoms with Crippen LogP contribution in [0.5, 0.6) is 0 Å². The molecule has 0 bridgehead atoms. The fraction of sp³-hybridized carbons (Fsp3) is 0.625. The molecular weight excluding hydrogens is 206 g/mol. The number of hydrogen-bond acceptors (Lipinski definition) is 0. The Balaban J connectivity index is 1.95. The Labute approximate surface area is 105 Å². The molecule has 0 spiro atoms. The largest absolute Gasteiger partial charge is 0.361 e. The van der Waals surface area contributed by atoms with Crippen LogP contribution in [0.3, 0.4) is 0 Å². The lowest BCUT2D eigenvalue weighted by Gasteiger charge is -2.08. The van der Waals surface area contributed by atoms with E-state index in [1.165, 1.54) is 75.5 Å². The van der Waals surface area contributed by atoms with Gasteiger partial charge in [0.15, 0.2) is 0 Å². The summed E-state index contributed by atoms with van der Waals surface area (Å²) >= 11 is 0. The van der Waals surface area contributed by atoms with Crippen LogP contribution in [0.1, 0.15) is 69.9 Å². The lowest BCUT2D eigenvalue weighted by Crippen LogP contribution is -1.89. The first-order chi connectivity index (χ1) is 8.47. The average Bonchev–Trinajstić information content (AvgIpc) is 2.83. The molecule has 0 saturated carbocycles. The maximum Gasteiger partial charge on any atom is 0.0409 e. The molecular formula is C16H25N. The molecule has 0 radical (unpaired) electrons. The molecule has 1 aromatic rings. The van der Waals surface area contributed by atoms with Gasteiger partial charge in [0.2, 0.25) is 0 Å². The maximum atomic E-state index is 3.35. The van der Waals surface area contributed by atoms with E-state index in [0.29, 0.717) is 0 Å². The summed E-state index contributed by atoms with van der Waals surface area (Å²) < 4.78 is 0. The second-order valence-corrected chi connectivity index (χ2v) is 5.18. The molecule has 94 valence electrons. The normalized spacial score (nSPS) is 23.2. The zero-order valence-corrected chi connectivity index (χ0v) is 10.9. The number of aromatic nitrogens is 1. The highest BCUT2D eigenvalue weighted by molar-refractivity contribution is 5.62. The van der Waals surface area contributed by atoms with Crippen LogP contribution < -0.4 is 0 Å². The van der Waals surface area contributed by atoms with Gasteiger partial charge >= 0.3 is 0 Å². The van der Waals surface area contributed by atoms with Gasteiger partial charge in [-0.1, -0.05) is 44.6 Å². The van der Waals surface area contributed by atoms with E-state index >= 15 is 0 Å². The third-order valence-electron chi connectivity index (χ3n) is 3.73. The van der Waals surface area contributed by atoms with E-state index in [0.717, 1.165) is 0 Å². The summed E-state index contributed by atoms with van der Waals surface area (Å²) in [4.78, 5) is 3.35. The Morgan fingerprint density at radius 3 is 2.24 bits per heavy atom. The van der Waals surface area contributed by atoms with Gasteiger partial charge in [0.25, 0.3) is 0 Å². The topological polar surface area (TPSA) is 15.8 Å². The summed E-state index contributed by atoms with van der Waals surface area (Å²) in [6, 6.07) is 4.31. The van der Waals surface area contributed by atoms with E-state index < -0.39 is 0 Å². The molecule has 2 rings (SSSR count). The van der Waals surface area contributed by atoms with Crippen molar-refractivity contribution in [1.29, 1.82) is 0 Å². The number of aromatic amines is 1. The molecule has 1 heterocycles. The molecule has 1 aliphatic carbocycles. The van der Waals surface area contributed by atoms with Crippen LogP contribution in [0.4, 0.5) is 0 Å². The minimum Gasteiger partial charge on any atom is -0.361 e. The molecule has 1 heteroatoms. The average molecular weight is 231 g/mol. The highest BCUT2D eigenvalue weighted by atomic mass is 14.7. The van der Waals surface area contributed by atoms with Gasteiger partial charge in [-0.15, -0.1) is 0 Å². The van der Waals surface area contributed by atoms with E-state index in [1.54, 1.807) is 0 Å². The molecule has 1 aliphatic rings. The first kappa shape index (κ1) is 12.5. The maximum absolute atomic E-state index is 3.35. The molecule has 0 unspecified atom stereocenters. The summed E-state index contributed by atoms with van der Waals surface area (Å²) in [5, 5.41) is 0. The minimum absolute atomic E-state index is 1.25. The summed E-state index contributed by atoms with van der Waals surface area (Å²) in [5.74, 6) is 0. The summed E-state index contributed by atoms with van der Waals surface area (Å²) in [5.41, 5.74) is 2.87. The highest BCUT2D eigenvalue weighted by Gasteiger charge is 2.03. The quantitative estimate of drug-likeness (QED) is 0.674. The molecule has 1 nitrogen and oxygen atoms in total. The molecule has 0 atom stereocenters. The fourth-order valence-corrected chi connectivity index (χ4v) is 2.67. The van der Waals surface area contributed by atoms with E-state index in [2.05, 4.69) is 23.2 Å². The number of allylic oxidation sites excluding steroid dienone is 2. The van der Waals surface area contributed by atoms with Crippen LogP contribution in [-0.4, -0.2) is 4.98 Å². The Kier molecular flexibility index (Phi) is 5.41. The third kappa shape index (κ3) is 4.41. The second-order valence-electron chi connectivity index (χ2n) is 5.18.